The van der Waals surface area contributed by atoms with E-state index in [1.807, 2.05) is 0 Å². The summed E-state index contributed by atoms with van der Waals surface area (Å²) >= 11 is 0. The number of rotatable bonds is 7. The molecular weight excluding hydrogens is 324 g/mol. The molecule has 0 saturated heterocycles. The molecule has 21 heavy (non-hydrogen) atoms. The van der Waals surface area contributed by atoms with Gasteiger partial charge in [-0.25, -0.2) is 13.2 Å². The van der Waals surface area contributed by atoms with Crippen molar-refractivity contribution in [2.45, 2.75) is 4.90 Å². The van der Waals surface area contributed by atoms with Crippen LogP contribution in [0.25, 0.3) is 0 Å². The van der Waals surface area contributed by atoms with Crippen molar-refractivity contribution in [1.29, 1.82) is 0 Å². The van der Waals surface area contributed by atoms with E-state index in [4.69, 9.17) is 29.6 Å². The van der Waals surface area contributed by atoms with Gasteiger partial charge >= 0.3 is 5.97 Å². The normalized spacial score (nSPS) is 11.0. The van der Waals surface area contributed by atoms with Gasteiger partial charge in [0, 0.05) is 17.8 Å². The van der Waals surface area contributed by atoms with Gasteiger partial charge in [-0.1, -0.05) is 0 Å². The van der Waals surface area contributed by atoms with Gasteiger partial charge in [-0.15, -0.1) is 0 Å². The third-order valence-corrected chi connectivity index (χ3v) is 3.79. The highest BCUT2D eigenvalue weighted by Gasteiger charge is 2.24. The van der Waals surface area contributed by atoms with Crippen molar-refractivity contribution in [1.82, 2.24) is 0 Å². The van der Waals surface area contributed by atoms with Crippen LogP contribution in [0.2, 0.25) is 0 Å². The van der Waals surface area contributed by atoms with Gasteiger partial charge < -0.3 is 18.9 Å². The summed E-state index contributed by atoms with van der Waals surface area (Å²) in [6.07, 6.45) is 0. The molecule has 118 valence electrons. The Bertz CT molecular complexity index is 612. The van der Waals surface area contributed by atoms with E-state index in [0.29, 0.717) is 0 Å². The van der Waals surface area contributed by atoms with Gasteiger partial charge in [0.15, 0.2) is 11.5 Å². The fourth-order valence-electron chi connectivity index (χ4n) is 1.53. The number of carbonyl (C=O) groups excluding carboxylic acids is 1. The average molecular weight is 339 g/mol. The zero-order valence-corrected chi connectivity index (χ0v) is 13.3. The molecule has 0 bridgehead atoms. The Balaban J connectivity index is 3.27. The Labute approximate surface area is 127 Å². The predicted molar refractivity (Wildman–Crippen MR) is 74.7 cm³/mol. The topological polar surface area (TPSA) is 88.1 Å². The first-order chi connectivity index (χ1) is 9.85. The summed E-state index contributed by atoms with van der Waals surface area (Å²) in [5, 5.41) is 0. The summed E-state index contributed by atoms with van der Waals surface area (Å²) in [5.74, 6) is -0.756. The fraction of sp³-hybridized carbons (Fsp3) is 0.417. The van der Waals surface area contributed by atoms with Crippen LogP contribution in [0, 0.1) is 0 Å². The second-order valence-electron chi connectivity index (χ2n) is 3.78. The molecule has 7 nitrogen and oxygen atoms in total. The van der Waals surface area contributed by atoms with Crippen LogP contribution >= 0.6 is 10.7 Å². The van der Waals surface area contributed by atoms with Crippen LogP contribution in [-0.2, 0) is 18.5 Å². The van der Waals surface area contributed by atoms with E-state index in [1.165, 1.54) is 27.4 Å². The Morgan fingerprint density at radius 1 is 1.14 bits per heavy atom. The number of esters is 1. The number of halogens is 1. The summed E-state index contributed by atoms with van der Waals surface area (Å²) < 4.78 is 42.8. The quantitative estimate of drug-likeness (QED) is 0.422. The minimum Gasteiger partial charge on any atom is -0.493 e. The average Bonchev–Trinajstić information content (AvgIpc) is 2.44. The first-order valence-electron chi connectivity index (χ1n) is 5.72. The summed E-state index contributed by atoms with van der Waals surface area (Å²) in [6, 6.07) is 2.37. The molecule has 0 saturated carbocycles. The number of benzene rings is 1. The lowest BCUT2D eigenvalue weighted by Gasteiger charge is -2.13. The minimum absolute atomic E-state index is 0.0250. The van der Waals surface area contributed by atoms with Crippen molar-refractivity contribution >= 4 is 25.7 Å². The molecule has 0 spiro atoms. The Morgan fingerprint density at radius 2 is 1.81 bits per heavy atom. The number of ether oxygens (including phenoxy) is 4. The summed E-state index contributed by atoms with van der Waals surface area (Å²) in [5.41, 5.74) is -0.0250. The Morgan fingerprint density at radius 3 is 2.29 bits per heavy atom. The van der Waals surface area contributed by atoms with Gasteiger partial charge in [0.2, 0.25) is 0 Å². The molecule has 0 atom stereocenters. The van der Waals surface area contributed by atoms with E-state index in [1.54, 1.807) is 0 Å². The molecular formula is C12H15ClO7S. The van der Waals surface area contributed by atoms with Crippen molar-refractivity contribution in [3.8, 4) is 11.5 Å². The zero-order chi connectivity index (χ0) is 16.0. The second-order valence-corrected chi connectivity index (χ2v) is 6.31. The highest BCUT2D eigenvalue weighted by Crippen LogP contribution is 2.37. The highest BCUT2D eigenvalue weighted by atomic mass is 35.7. The molecule has 0 aliphatic carbocycles. The van der Waals surface area contributed by atoms with E-state index in [-0.39, 0.29) is 35.2 Å². The molecule has 0 aliphatic heterocycles. The van der Waals surface area contributed by atoms with Crippen LogP contribution in [0.1, 0.15) is 10.4 Å². The van der Waals surface area contributed by atoms with Crippen molar-refractivity contribution in [2.24, 2.45) is 0 Å². The van der Waals surface area contributed by atoms with E-state index in [9.17, 15) is 13.2 Å². The molecule has 0 amide bonds. The van der Waals surface area contributed by atoms with Crippen LogP contribution in [0.5, 0.6) is 11.5 Å². The van der Waals surface area contributed by atoms with E-state index >= 15 is 0 Å². The third kappa shape index (κ3) is 4.48. The van der Waals surface area contributed by atoms with Gasteiger partial charge in [0.25, 0.3) is 9.05 Å². The Kier molecular flexibility index (Phi) is 6.25. The maximum Gasteiger partial charge on any atom is 0.338 e. The molecule has 9 heteroatoms. The largest absolute Gasteiger partial charge is 0.493 e. The highest BCUT2D eigenvalue weighted by molar-refractivity contribution is 8.13. The first-order valence-corrected chi connectivity index (χ1v) is 8.02. The second kappa shape index (κ2) is 7.48. The van der Waals surface area contributed by atoms with Gasteiger partial charge in [0.1, 0.15) is 11.5 Å². The molecule has 1 aromatic carbocycles. The molecule has 1 aromatic rings. The van der Waals surface area contributed by atoms with Crippen molar-refractivity contribution in [3.05, 3.63) is 17.7 Å². The van der Waals surface area contributed by atoms with Gasteiger partial charge in [-0.05, 0) is 12.1 Å². The first kappa shape index (κ1) is 17.5. The SMILES string of the molecule is COCCOC(=O)c1cc(OC)c(OC)c(S(=O)(=O)Cl)c1. The van der Waals surface area contributed by atoms with E-state index < -0.39 is 15.0 Å². The maximum absolute atomic E-state index is 11.9. The molecule has 0 aromatic heterocycles. The lowest BCUT2D eigenvalue weighted by Crippen LogP contribution is -2.11. The van der Waals surface area contributed by atoms with Gasteiger partial charge in [-0.2, -0.15) is 0 Å². The van der Waals surface area contributed by atoms with E-state index in [0.717, 1.165) is 6.07 Å². The van der Waals surface area contributed by atoms with Crippen LogP contribution < -0.4 is 9.47 Å². The summed E-state index contributed by atoms with van der Waals surface area (Å²) in [4.78, 5) is 11.5. The molecule has 0 fully saturated rings. The third-order valence-electron chi connectivity index (χ3n) is 2.46. The number of methoxy groups -OCH3 is 3. The lowest BCUT2D eigenvalue weighted by molar-refractivity contribution is 0.0387. The van der Waals surface area contributed by atoms with Gasteiger partial charge in [-0.3, -0.25) is 0 Å². The van der Waals surface area contributed by atoms with Crippen molar-refractivity contribution in [2.75, 3.05) is 34.5 Å². The molecule has 0 heterocycles. The fourth-order valence-corrected chi connectivity index (χ4v) is 2.55. The number of carbonyl (C=O) groups is 1. The molecule has 0 unspecified atom stereocenters. The molecule has 0 aliphatic rings. The van der Waals surface area contributed by atoms with Crippen molar-refractivity contribution < 1.29 is 32.2 Å². The standard InChI is InChI=1S/C12H15ClO7S/c1-17-4-5-20-12(14)8-6-9(18-2)11(19-3)10(7-8)21(13,15)16/h6-7H,4-5H2,1-3H3. The molecule has 0 N–H and O–H groups in total. The minimum atomic E-state index is -4.12. The predicted octanol–water partition coefficient (Wildman–Crippen LogP) is 1.43. The summed E-state index contributed by atoms with van der Waals surface area (Å²) in [6.45, 7) is 0.256. The summed E-state index contributed by atoms with van der Waals surface area (Å²) in [7, 11) is 5.25. The number of hydrogen-bond donors (Lipinski definition) is 0. The van der Waals surface area contributed by atoms with Crippen molar-refractivity contribution in [3.63, 3.8) is 0 Å². The Hall–Kier alpha value is -1.51. The van der Waals surface area contributed by atoms with Crippen LogP contribution in [0.15, 0.2) is 17.0 Å². The maximum atomic E-state index is 11.9. The molecule has 0 radical (unpaired) electrons. The monoisotopic (exact) mass is 338 g/mol. The zero-order valence-electron chi connectivity index (χ0n) is 11.7. The van der Waals surface area contributed by atoms with Crippen LogP contribution in [0.3, 0.4) is 0 Å². The van der Waals surface area contributed by atoms with Crippen LogP contribution in [-0.4, -0.2) is 48.9 Å². The lowest BCUT2D eigenvalue weighted by atomic mass is 10.2. The van der Waals surface area contributed by atoms with E-state index in [2.05, 4.69) is 0 Å². The number of hydrogen-bond acceptors (Lipinski definition) is 7. The van der Waals surface area contributed by atoms with Gasteiger partial charge in [0.05, 0.1) is 26.4 Å². The molecule has 1 rings (SSSR count). The smallest absolute Gasteiger partial charge is 0.338 e. The van der Waals surface area contributed by atoms with Crippen LogP contribution in [0.4, 0.5) is 0 Å².